The van der Waals surface area contributed by atoms with Crippen molar-refractivity contribution in [3.8, 4) is 0 Å². The van der Waals surface area contributed by atoms with Gasteiger partial charge in [0.25, 0.3) is 17.4 Å². The number of halogens is 1. The SMILES string of the molecule is CCN1CC(c2cnc(C(=O)N3CCC(CN4CCN(CC(=O)N5CCN(C(=O)c6cc(Cc7n[nH]c(=O)c8ccccc78)ccc6F)CC5)CC4)CC3)c(N)c2)CCC1=O. The standard InChI is InChI=1S/C45H55FN10O5/c1-2-53-28-32(8-10-40(53)57)33-25-38(47)42(48-26-33)45(61)55-13-11-30(12-14-55)27-51-15-17-52(18-16-51)29-41(58)54-19-21-56(22-20-54)44(60)36-23-31(7-9-37(36)46)24-39-34-5-3-4-6-35(34)43(59)50-49-39/h3-7,9,23,25-26,30,32H,2,8,10-22,24,27-29,47H2,1H3,(H,50,59). The van der Waals surface area contributed by atoms with Crippen molar-refractivity contribution in [1.29, 1.82) is 0 Å². The largest absolute Gasteiger partial charge is 0.397 e. The predicted molar refractivity (Wildman–Crippen MR) is 228 cm³/mol. The van der Waals surface area contributed by atoms with E-state index in [-0.39, 0.29) is 34.8 Å². The molecule has 0 bridgehead atoms. The second-order valence-corrected chi connectivity index (χ2v) is 16.9. The van der Waals surface area contributed by atoms with Crippen LogP contribution < -0.4 is 11.3 Å². The molecule has 4 aromatic rings. The molecular weight excluding hydrogens is 780 g/mol. The summed E-state index contributed by atoms with van der Waals surface area (Å²) in [4.78, 5) is 81.0. The second-order valence-electron chi connectivity index (χ2n) is 16.9. The Labute approximate surface area is 354 Å². The summed E-state index contributed by atoms with van der Waals surface area (Å²) in [6, 6.07) is 13.5. The number of H-pyrrole nitrogens is 1. The molecule has 6 heterocycles. The van der Waals surface area contributed by atoms with Crippen LogP contribution in [0.2, 0.25) is 0 Å². The van der Waals surface area contributed by atoms with Crippen LogP contribution >= 0.6 is 0 Å². The van der Waals surface area contributed by atoms with Gasteiger partial charge < -0.3 is 30.2 Å². The van der Waals surface area contributed by atoms with E-state index in [0.717, 1.165) is 57.5 Å². The van der Waals surface area contributed by atoms with Gasteiger partial charge in [0, 0.05) is 115 Å². The highest BCUT2D eigenvalue weighted by atomic mass is 19.1. The number of carbonyl (C=O) groups excluding carboxylic acids is 4. The number of hydrogen-bond donors (Lipinski definition) is 2. The molecular formula is C45H55FN10O5. The summed E-state index contributed by atoms with van der Waals surface area (Å²) in [5, 5.41) is 7.97. The van der Waals surface area contributed by atoms with E-state index >= 15 is 4.39 Å². The minimum absolute atomic E-state index is 0.0220. The summed E-state index contributed by atoms with van der Waals surface area (Å²) in [5.74, 6) is -0.290. The quantitative estimate of drug-likeness (QED) is 0.242. The lowest BCUT2D eigenvalue weighted by Crippen LogP contribution is -2.55. The number of hydrogen-bond acceptors (Lipinski definition) is 10. The van der Waals surface area contributed by atoms with Gasteiger partial charge >= 0.3 is 0 Å². The van der Waals surface area contributed by atoms with Crippen LogP contribution in [0.5, 0.6) is 0 Å². The number of benzene rings is 2. The molecule has 4 fully saturated rings. The van der Waals surface area contributed by atoms with E-state index in [1.165, 1.54) is 6.07 Å². The van der Waals surface area contributed by atoms with Crippen LogP contribution in [0.4, 0.5) is 10.1 Å². The predicted octanol–water partition coefficient (Wildman–Crippen LogP) is 2.81. The van der Waals surface area contributed by atoms with Crippen molar-refractivity contribution < 1.29 is 23.6 Å². The summed E-state index contributed by atoms with van der Waals surface area (Å²) >= 11 is 0. The zero-order valence-electron chi connectivity index (χ0n) is 34.9. The number of piperidine rings is 2. The number of anilines is 1. The van der Waals surface area contributed by atoms with Crippen molar-refractivity contribution in [2.75, 3.05) is 97.4 Å². The van der Waals surface area contributed by atoms with Crippen LogP contribution in [0, 0.1) is 11.7 Å². The first kappa shape index (κ1) is 42.0. The van der Waals surface area contributed by atoms with Gasteiger partial charge in [-0.2, -0.15) is 5.10 Å². The monoisotopic (exact) mass is 834 g/mol. The first-order valence-corrected chi connectivity index (χ1v) is 21.6. The van der Waals surface area contributed by atoms with E-state index in [2.05, 4.69) is 25.0 Å². The van der Waals surface area contributed by atoms with Crippen molar-refractivity contribution in [1.82, 2.24) is 44.6 Å². The highest BCUT2D eigenvalue weighted by Gasteiger charge is 2.32. The van der Waals surface area contributed by atoms with E-state index in [9.17, 15) is 24.0 Å². The summed E-state index contributed by atoms with van der Waals surface area (Å²) in [6.07, 6.45) is 5.15. The summed E-state index contributed by atoms with van der Waals surface area (Å²) < 4.78 is 15.0. The first-order valence-electron chi connectivity index (χ1n) is 21.6. The second kappa shape index (κ2) is 18.5. The Kier molecular flexibility index (Phi) is 12.7. The number of aromatic nitrogens is 3. The zero-order valence-corrected chi connectivity index (χ0v) is 34.9. The molecule has 322 valence electrons. The van der Waals surface area contributed by atoms with E-state index in [0.29, 0.717) is 111 Å². The summed E-state index contributed by atoms with van der Waals surface area (Å²) in [6.45, 7) is 10.6. The van der Waals surface area contributed by atoms with E-state index < -0.39 is 11.7 Å². The molecule has 4 saturated heterocycles. The van der Waals surface area contributed by atoms with Crippen LogP contribution in [0.25, 0.3) is 10.8 Å². The number of pyridine rings is 1. The first-order chi connectivity index (χ1) is 29.5. The fraction of sp³-hybridized carbons (Fsp3) is 0.489. The third kappa shape index (κ3) is 9.44. The number of fused-ring (bicyclic) bond motifs is 1. The number of aromatic amines is 1. The molecule has 16 heteroatoms. The Morgan fingerprint density at radius 2 is 1.51 bits per heavy atom. The molecule has 0 aliphatic carbocycles. The minimum atomic E-state index is -0.605. The Bertz CT molecular complexity index is 2330. The average Bonchev–Trinajstić information content (AvgIpc) is 3.28. The number of rotatable bonds is 10. The lowest BCUT2D eigenvalue weighted by Gasteiger charge is -2.40. The van der Waals surface area contributed by atoms with Crippen molar-refractivity contribution in [3.63, 3.8) is 0 Å². The van der Waals surface area contributed by atoms with Crippen LogP contribution in [0.15, 0.2) is 59.5 Å². The van der Waals surface area contributed by atoms with Gasteiger partial charge in [-0.15, -0.1) is 0 Å². The topological polar surface area (TPSA) is 172 Å². The van der Waals surface area contributed by atoms with Gasteiger partial charge in [0.1, 0.15) is 5.82 Å². The number of nitrogens with one attached hydrogen (secondary N) is 1. The highest BCUT2D eigenvalue weighted by Crippen LogP contribution is 2.30. The van der Waals surface area contributed by atoms with Crippen molar-refractivity contribution in [3.05, 3.63) is 99.0 Å². The zero-order chi connectivity index (χ0) is 42.6. The number of nitrogens with two attached hydrogens (primary N) is 1. The van der Waals surface area contributed by atoms with Gasteiger partial charge in [-0.1, -0.05) is 24.3 Å². The third-order valence-corrected chi connectivity index (χ3v) is 13.1. The highest BCUT2D eigenvalue weighted by molar-refractivity contribution is 5.97. The number of amides is 4. The summed E-state index contributed by atoms with van der Waals surface area (Å²) in [7, 11) is 0. The number of likely N-dealkylation sites (tertiary alicyclic amines) is 2. The van der Waals surface area contributed by atoms with Gasteiger partial charge in [0.05, 0.1) is 28.9 Å². The maximum Gasteiger partial charge on any atom is 0.274 e. The van der Waals surface area contributed by atoms with E-state index in [1.807, 2.05) is 34.9 Å². The Morgan fingerprint density at radius 1 is 0.820 bits per heavy atom. The summed E-state index contributed by atoms with van der Waals surface area (Å²) in [5.41, 5.74) is 9.06. The molecule has 4 aliphatic rings. The molecule has 1 unspecified atom stereocenters. The molecule has 1 atom stereocenters. The number of nitrogen functional groups attached to an aromatic ring is 1. The maximum absolute atomic E-state index is 15.0. The maximum atomic E-state index is 15.0. The molecule has 2 aromatic carbocycles. The van der Waals surface area contributed by atoms with Crippen LogP contribution in [-0.2, 0) is 16.0 Å². The van der Waals surface area contributed by atoms with Crippen molar-refractivity contribution in [2.45, 2.75) is 44.9 Å². The lowest BCUT2D eigenvalue weighted by atomic mass is 9.90. The number of likely N-dealkylation sites (N-methyl/N-ethyl adjacent to an activating group) is 1. The fourth-order valence-electron chi connectivity index (χ4n) is 9.32. The number of piperazine rings is 2. The average molecular weight is 835 g/mol. The van der Waals surface area contributed by atoms with Crippen LogP contribution in [0.1, 0.15) is 76.2 Å². The molecule has 2 aromatic heterocycles. The molecule has 61 heavy (non-hydrogen) atoms. The van der Waals surface area contributed by atoms with Crippen LogP contribution in [-0.4, -0.2) is 160 Å². The molecule has 4 aliphatic heterocycles. The molecule has 0 saturated carbocycles. The molecule has 0 radical (unpaired) electrons. The van der Waals surface area contributed by atoms with Crippen molar-refractivity contribution in [2.24, 2.45) is 5.92 Å². The Morgan fingerprint density at radius 3 is 2.23 bits per heavy atom. The Balaban J connectivity index is 0.750. The Hall–Kier alpha value is -5.74. The van der Waals surface area contributed by atoms with E-state index in [4.69, 9.17) is 5.73 Å². The fourth-order valence-corrected chi connectivity index (χ4v) is 9.32. The van der Waals surface area contributed by atoms with Gasteiger partial charge in [0.15, 0.2) is 5.69 Å². The van der Waals surface area contributed by atoms with E-state index in [1.54, 1.807) is 40.3 Å². The number of carbonyl (C=O) groups is 4. The van der Waals surface area contributed by atoms with Crippen molar-refractivity contribution >= 4 is 40.1 Å². The molecule has 8 rings (SSSR count). The number of nitrogens with zero attached hydrogens (tertiary/aromatic N) is 8. The normalized spacial score (nSPS) is 19.8. The molecule has 0 spiro atoms. The van der Waals surface area contributed by atoms with Gasteiger partial charge in [0.2, 0.25) is 11.8 Å². The smallest absolute Gasteiger partial charge is 0.274 e. The van der Waals surface area contributed by atoms with Gasteiger partial charge in [-0.3, -0.25) is 28.9 Å². The third-order valence-electron chi connectivity index (χ3n) is 13.1. The lowest BCUT2D eigenvalue weighted by molar-refractivity contribution is -0.134. The van der Waals surface area contributed by atoms with Gasteiger partial charge in [-0.25, -0.2) is 14.5 Å². The minimum Gasteiger partial charge on any atom is -0.397 e. The van der Waals surface area contributed by atoms with Gasteiger partial charge in [-0.05, 0) is 67.5 Å². The van der Waals surface area contributed by atoms with Crippen LogP contribution in [0.3, 0.4) is 0 Å². The molecule has 15 nitrogen and oxygen atoms in total. The molecule has 4 amide bonds. The molecule has 3 N–H and O–H groups in total.